The number of hydrogen-bond donors (Lipinski definition) is 2. The molecule has 126 valence electrons. The van der Waals surface area contributed by atoms with Gasteiger partial charge in [0.1, 0.15) is 5.82 Å². The number of pyridine rings is 1. The molecule has 0 radical (unpaired) electrons. The van der Waals surface area contributed by atoms with Gasteiger partial charge < -0.3 is 10.6 Å². The molecule has 7 heteroatoms. The fraction of sp³-hybridized carbons (Fsp3) is 0.0556. The van der Waals surface area contributed by atoms with Crippen molar-refractivity contribution in [2.24, 2.45) is 0 Å². The number of carbonyl (C=O) groups excluding carboxylic acids is 2. The van der Waals surface area contributed by atoms with Crippen molar-refractivity contribution in [3.8, 4) is 0 Å². The zero-order valence-corrected chi connectivity index (χ0v) is 14.8. The van der Waals surface area contributed by atoms with Crippen molar-refractivity contribution >= 4 is 46.4 Å². The van der Waals surface area contributed by atoms with Gasteiger partial charge in [-0.15, -0.1) is 23.1 Å². The molecule has 0 spiro atoms. The molecule has 0 unspecified atom stereocenters. The van der Waals surface area contributed by atoms with E-state index in [1.54, 1.807) is 24.4 Å². The van der Waals surface area contributed by atoms with Crippen LogP contribution in [-0.4, -0.2) is 22.6 Å². The summed E-state index contributed by atoms with van der Waals surface area (Å²) in [7, 11) is 0. The van der Waals surface area contributed by atoms with Crippen LogP contribution in [0.5, 0.6) is 0 Å². The molecule has 0 atom stereocenters. The van der Waals surface area contributed by atoms with E-state index in [0.29, 0.717) is 16.4 Å². The number of nitrogens with one attached hydrogen (secondary N) is 2. The molecule has 2 N–H and O–H groups in total. The second-order valence-electron chi connectivity index (χ2n) is 5.01. The van der Waals surface area contributed by atoms with Crippen LogP contribution in [0.2, 0.25) is 0 Å². The highest BCUT2D eigenvalue weighted by atomic mass is 32.2. The van der Waals surface area contributed by atoms with Crippen LogP contribution in [0.4, 0.5) is 11.5 Å². The molecule has 0 saturated heterocycles. The Bertz CT molecular complexity index is 852. The minimum atomic E-state index is -0.134. The van der Waals surface area contributed by atoms with Crippen molar-refractivity contribution in [3.63, 3.8) is 0 Å². The van der Waals surface area contributed by atoms with Gasteiger partial charge in [-0.25, -0.2) is 4.98 Å². The number of thioether (sulfide) groups is 1. The SMILES string of the molecule is O=C(CSc1cccc(NC(=O)c2cccs2)c1)Nc1ccccn1. The molecular weight excluding hydrogens is 354 g/mol. The topological polar surface area (TPSA) is 71.1 Å². The first-order chi connectivity index (χ1) is 12.2. The molecule has 0 aliphatic carbocycles. The standard InChI is InChI=1S/C18H15N3O2S2/c22-17(21-16-8-1-2-9-19-16)12-25-14-6-3-5-13(11-14)20-18(23)15-7-4-10-24-15/h1-11H,12H2,(H,20,23)(H,19,21,22). The van der Waals surface area contributed by atoms with E-state index in [-0.39, 0.29) is 17.6 Å². The number of thiophene rings is 1. The number of amides is 2. The Balaban J connectivity index is 1.54. The quantitative estimate of drug-likeness (QED) is 0.641. The molecule has 0 fully saturated rings. The fourth-order valence-electron chi connectivity index (χ4n) is 2.03. The van der Waals surface area contributed by atoms with E-state index < -0.39 is 0 Å². The maximum absolute atomic E-state index is 12.1. The molecule has 2 amide bonds. The molecule has 0 saturated carbocycles. The van der Waals surface area contributed by atoms with Crippen LogP contribution in [0.25, 0.3) is 0 Å². The number of carbonyl (C=O) groups is 2. The third-order valence-corrected chi connectivity index (χ3v) is 5.00. The lowest BCUT2D eigenvalue weighted by molar-refractivity contribution is -0.113. The molecule has 0 aliphatic heterocycles. The van der Waals surface area contributed by atoms with Gasteiger partial charge in [-0.05, 0) is 41.8 Å². The van der Waals surface area contributed by atoms with Crippen molar-refractivity contribution in [1.82, 2.24) is 4.98 Å². The Hall–Kier alpha value is -2.64. The normalized spacial score (nSPS) is 10.2. The zero-order chi connectivity index (χ0) is 17.5. The smallest absolute Gasteiger partial charge is 0.265 e. The maximum atomic E-state index is 12.1. The summed E-state index contributed by atoms with van der Waals surface area (Å²) < 4.78 is 0. The fourth-order valence-corrected chi connectivity index (χ4v) is 3.40. The van der Waals surface area contributed by atoms with Crippen molar-refractivity contribution in [1.29, 1.82) is 0 Å². The predicted octanol–water partition coefficient (Wildman–Crippen LogP) is 4.13. The lowest BCUT2D eigenvalue weighted by Crippen LogP contribution is -2.14. The first-order valence-corrected chi connectivity index (χ1v) is 9.36. The van der Waals surface area contributed by atoms with Gasteiger partial charge in [0, 0.05) is 16.8 Å². The second kappa shape index (κ2) is 8.46. The highest BCUT2D eigenvalue weighted by molar-refractivity contribution is 8.00. The van der Waals surface area contributed by atoms with Crippen LogP contribution in [0.3, 0.4) is 0 Å². The average molecular weight is 369 g/mol. The summed E-state index contributed by atoms with van der Waals surface area (Å²) in [4.78, 5) is 29.7. The zero-order valence-electron chi connectivity index (χ0n) is 13.1. The Morgan fingerprint density at radius 2 is 1.96 bits per heavy atom. The van der Waals surface area contributed by atoms with Crippen molar-refractivity contribution in [3.05, 3.63) is 71.1 Å². The molecule has 3 rings (SSSR count). The molecule has 2 aromatic heterocycles. The highest BCUT2D eigenvalue weighted by Gasteiger charge is 2.08. The number of benzene rings is 1. The molecule has 2 heterocycles. The lowest BCUT2D eigenvalue weighted by Gasteiger charge is -2.07. The van der Waals surface area contributed by atoms with Crippen LogP contribution in [0.1, 0.15) is 9.67 Å². The number of rotatable bonds is 6. The first kappa shape index (κ1) is 17.2. The lowest BCUT2D eigenvalue weighted by atomic mass is 10.3. The van der Waals surface area contributed by atoms with Crippen molar-refractivity contribution in [2.75, 3.05) is 16.4 Å². The molecule has 0 bridgehead atoms. The van der Waals surface area contributed by atoms with Crippen molar-refractivity contribution in [2.45, 2.75) is 4.90 Å². The average Bonchev–Trinajstić information content (AvgIpc) is 3.16. The molecule has 3 aromatic rings. The van der Waals surface area contributed by atoms with Gasteiger partial charge in [-0.1, -0.05) is 18.2 Å². The van der Waals surface area contributed by atoms with E-state index >= 15 is 0 Å². The number of nitrogens with zero attached hydrogens (tertiary/aromatic N) is 1. The Morgan fingerprint density at radius 3 is 2.72 bits per heavy atom. The summed E-state index contributed by atoms with van der Waals surface area (Å²) in [6, 6.07) is 16.4. The van der Waals surface area contributed by atoms with Crippen LogP contribution in [0.15, 0.2) is 71.1 Å². The molecule has 25 heavy (non-hydrogen) atoms. The van der Waals surface area contributed by atoms with Crippen LogP contribution in [0, 0.1) is 0 Å². The van der Waals surface area contributed by atoms with Crippen LogP contribution >= 0.6 is 23.1 Å². The van der Waals surface area contributed by atoms with E-state index in [1.807, 2.05) is 41.8 Å². The Kier molecular flexibility index (Phi) is 5.81. The van der Waals surface area contributed by atoms with Gasteiger partial charge in [0.25, 0.3) is 5.91 Å². The van der Waals surface area contributed by atoms with Gasteiger partial charge in [0.05, 0.1) is 10.6 Å². The Morgan fingerprint density at radius 1 is 1.04 bits per heavy atom. The number of hydrogen-bond acceptors (Lipinski definition) is 5. The molecule has 1 aromatic carbocycles. The van der Waals surface area contributed by atoms with E-state index in [9.17, 15) is 9.59 Å². The summed E-state index contributed by atoms with van der Waals surface area (Å²) in [5, 5.41) is 7.46. The van der Waals surface area contributed by atoms with Crippen LogP contribution < -0.4 is 10.6 Å². The minimum absolute atomic E-state index is 0.128. The van der Waals surface area contributed by atoms with E-state index in [1.165, 1.54) is 23.1 Å². The van der Waals surface area contributed by atoms with Gasteiger partial charge in [-0.2, -0.15) is 0 Å². The molecular formula is C18H15N3O2S2. The van der Waals surface area contributed by atoms with Gasteiger partial charge in [-0.3, -0.25) is 9.59 Å². The summed E-state index contributed by atoms with van der Waals surface area (Å²) in [5.41, 5.74) is 0.702. The van der Waals surface area contributed by atoms with E-state index in [2.05, 4.69) is 15.6 Å². The highest BCUT2D eigenvalue weighted by Crippen LogP contribution is 2.22. The predicted molar refractivity (Wildman–Crippen MR) is 102 cm³/mol. The molecule has 5 nitrogen and oxygen atoms in total. The van der Waals surface area contributed by atoms with E-state index in [0.717, 1.165) is 4.90 Å². The summed E-state index contributed by atoms with van der Waals surface area (Å²) in [5.74, 6) is 0.533. The third kappa shape index (κ3) is 5.17. The van der Waals surface area contributed by atoms with E-state index in [4.69, 9.17) is 0 Å². The number of anilines is 2. The summed E-state index contributed by atoms with van der Waals surface area (Å²) >= 11 is 2.79. The van der Waals surface area contributed by atoms with Gasteiger partial charge >= 0.3 is 0 Å². The maximum Gasteiger partial charge on any atom is 0.265 e. The molecule has 0 aliphatic rings. The summed E-state index contributed by atoms with van der Waals surface area (Å²) in [6.45, 7) is 0. The first-order valence-electron chi connectivity index (χ1n) is 7.49. The monoisotopic (exact) mass is 369 g/mol. The van der Waals surface area contributed by atoms with Gasteiger partial charge in [0.2, 0.25) is 5.91 Å². The second-order valence-corrected chi connectivity index (χ2v) is 7.01. The van der Waals surface area contributed by atoms with Crippen molar-refractivity contribution < 1.29 is 9.59 Å². The summed E-state index contributed by atoms with van der Waals surface area (Å²) in [6.07, 6.45) is 1.63. The third-order valence-electron chi connectivity index (χ3n) is 3.14. The Labute approximate surface area is 153 Å². The number of aromatic nitrogens is 1. The van der Waals surface area contributed by atoms with Gasteiger partial charge in [0.15, 0.2) is 0 Å². The largest absolute Gasteiger partial charge is 0.321 e. The van der Waals surface area contributed by atoms with Crippen LogP contribution in [-0.2, 0) is 4.79 Å². The minimum Gasteiger partial charge on any atom is -0.321 e.